The summed E-state index contributed by atoms with van der Waals surface area (Å²) in [4.78, 5) is 11.2. The maximum atomic E-state index is 12.8. The summed E-state index contributed by atoms with van der Waals surface area (Å²) in [6.45, 7) is 3.20. The summed E-state index contributed by atoms with van der Waals surface area (Å²) in [7, 11) is -3.78. The second-order valence-electron chi connectivity index (χ2n) is 7.40. The molecule has 0 spiro atoms. The molecule has 0 saturated carbocycles. The maximum absolute atomic E-state index is 12.8. The Balaban J connectivity index is 1.50. The Hall–Kier alpha value is -3.84. The molecule has 6 nitrogen and oxygen atoms in total. The van der Waals surface area contributed by atoms with Crippen molar-refractivity contribution in [1.29, 1.82) is 0 Å². The molecule has 0 fully saturated rings. The minimum Gasteiger partial charge on any atom is -0.457 e. The molecule has 2 N–H and O–H groups in total. The Kier molecular flexibility index (Phi) is 5.83. The van der Waals surface area contributed by atoms with Gasteiger partial charge in [-0.2, -0.15) is 0 Å². The predicted molar refractivity (Wildman–Crippen MR) is 127 cm³/mol. The predicted octanol–water partition coefficient (Wildman–Crippen LogP) is 5.70. The van der Waals surface area contributed by atoms with E-state index in [-0.39, 0.29) is 10.8 Å². The van der Waals surface area contributed by atoms with Crippen LogP contribution in [0.5, 0.6) is 11.5 Å². The third-order valence-corrected chi connectivity index (χ3v) is 6.27. The van der Waals surface area contributed by atoms with E-state index in [2.05, 4.69) is 10.0 Å². The molecular formula is C25H22N2O4S. The zero-order valence-corrected chi connectivity index (χ0v) is 18.4. The van der Waals surface area contributed by atoms with Crippen LogP contribution in [0.15, 0.2) is 89.8 Å². The normalized spacial score (nSPS) is 11.2. The number of rotatable bonds is 6. The molecule has 1 amide bonds. The number of ether oxygens (including phenoxy) is 1. The fraction of sp³-hybridized carbons (Fsp3) is 0.0800. The highest BCUT2D eigenvalue weighted by atomic mass is 32.2. The van der Waals surface area contributed by atoms with Gasteiger partial charge in [-0.3, -0.25) is 9.52 Å². The summed E-state index contributed by atoms with van der Waals surface area (Å²) >= 11 is 0. The molecule has 0 radical (unpaired) electrons. The van der Waals surface area contributed by atoms with Crippen molar-refractivity contribution >= 4 is 38.1 Å². The van der Waals surface area contributed by atoms with Crippen LogP contribution < -0.4 is 14.8 Å². The molecule has 7 heteroatoms. The van der Waals surface area contributed by atoms with Gasteiger partial charge in [0.25, 0.3) is 10.0 Å². The lowest BCUT2D eigenvalue weighted by atomic mass is 10.1. The molecule has 4 aromatic rings. The zero-order chi connectivity index (χ0) is 22.7. The van der Waals surface area contributed by atoms with E-state index in [0.29, 0.717) is 22.9 Å². The summed E-state index contributed by atoms with van der Waals surface area (Å²) in [5, 5.41) is 4.82. The van der Waals surface area contributed by atoms with Crippen molar-refractivity contribution in [3.63, 3.8) is 0 Å². The molecule has 4 rings (SSSR count). The summed E-state index contributed by atoms with van der Waals surface area (Å²) < 4.78 is 34.1. The summed E-state index contributed by atoms with van der Waals surface area (Å²) in [5.41, 5.74) is 1.71. The van der Waals surface area contributed by atoms with Gasteiger partial charge in [0.15, 0.2) is 0 Å². The summed E-state index contributed by atoms with van der Waals surface area (Å²) in [6.07, 6.45) is 0. The van der Waals surface area contributed by atoms with Crippen LogP contribution in [0.25, 0.3) is 10.8 Å². The maximum Gasteiger partial charge on any atom is 0.261 e. The zero-order valence-electron chi connectivity index (χ0n) is 17.6. The first kappa shape index (κ1) is 21.4. The molecule has 0 aromatic heterocycles. The highest BCUT2D eigenvalue weighted by Gasteiger charge is 2.16. The van der Waals surface area contributed by atoms with Gasteiger partial charge in [-0.15, -0.1) is 0 Å². The third kappa shape index (κ3) is 4.90. The third-order valence-electron chi connectivity index (χ3n) is 4.88. The first-order valence-corrected chi connectivity index (χ1v) is 11.5. The van der Waals surface area contributed by atoms with Crippen LogP contribution in [-0.4, -0.2) is 14.3 Å². The quantitative estimate of drug-likeness (QED) is 0.398. The molecule has 0 heterocycles. The number of nitrogens with one attached hydrogen (secondary N) is 2. The lowest BCUT2D eigenvalue weighted by Crippen LogP contribution is -2.14. The molecule has 0 bridgehead atoms. The molecule has 0 saturated heterocycles. The van der Waals surface area contributed by atoms with Crippen LogP contribution in [0, 0.1) is 6.92 Å². The van der Waals surface area contributed by atoms with Crippen LogP contribution in [0.2, 0.25) is 0 Å². The van der Waals surface area contributed by atoms with Gasteiger partial charge >= 0.3 is 0 Å². The number of anilines is 2. The number of hydrogen-bond acceptors (Lipinski definition) is 4. The van der Waals surface area contributed by atoms with Gasteiger partial charge in [-0.1, -0.05) is 30.3 Å². The topological polar surface area (TPSA) is 84.5 Å². The molecule has 0 atom stereocenters. The smallest absolute Gasteiger partial charge is 0.261 e. The van der Waals surface area contributed by atoms with E-state index in [4.69, 9.17) is 4.74 Å². The van der Waals surface area contributed by atoms with E-state index in [1.807, 2.05) is 49.4 Å². The van der Waals surface area contributed by atoms with Crippen LogP contribution in [0.4, 0.5) is 11.4 Å². The average molecular weight is 447 g/mol. The fourth-order valence-corrected chi connectivity index (χ4v) is 4.44. The van der Waals surface area contributed by atoms with Crippen molar-refractivity contribution in [3.8, 4) is 11.5 Å². The van der Waals surface area contributed by atoms with Crippen molar-refractivity contribution < 1.29 is 17.9 Å². The fourth-order valence-electron chi connectivity index (χ4n) is 3.31. The first-order chi connectivity index (χ1) is 15.3. The average Bonchev–Trinajstić information content (AvgIpc) is 2.75. The lowest BCUT2D eigenvalue weighted by Gasteiger charge is -2.13. The molecule has 4 aromatic carbocycles. The van der Waals surface area contributed by atoms with Crippen molar-refractivity contribution in [3.05, 3.63) is 90.5 Å². The Bertz CT molecular complexity index is 1400. The molecular weight excluding hydrogens is 424 g/mol. The SMILES string of the molecule is CC(=O)Nc1ccc(S(=O)(=O)Nc2ccc(Oc3ccc4ccccc4c3)cc2C)cc1. The van der Waals surface area contributed by atoms with Gasteiger partial charge in [-0.25, -0.2) is 8.42 Å². The van der Waals surface area contributed by atoms with E-state index in [0.717, 1.165) is 16.3 Å². The highest BCUT2D eigenvalue weighted by Crippen LogP contribution is 2.29. The molecule has 0 unspecified atom stereocenters. The Morgan fingerprint density at radius 1 is 0.812 bits per heavy atom. The van der Waals surface area contributed by atoms with E-state index in [1.54, 1.807) is 30.3 Å². The monoisotopic (exact) mass is 446 g/mol. The molecule has 0 aliphatic heterocycles. The van der Waals surface area contributed by atoms with Crippen LogP contribution in [-0.2, 0) is 14.8 Å². The number of aryl methyl sites for hydroxylation is 1. The second kappa shape index (κ2) is 8.72. The van der Waals surface area contributed by atoms with Crippen molar-refractivity contribution in [1.82, 2.24) is 0 Å². The molecule has 32 heavy (non-hydrogen) atoms. The Morgan fingerprint density at radius 3 is 2.16 bits per heavy atom. The van der Waals surface area contributed by atoms with Crippen molar-refractivity contribution in [2.75, 3.05) is 10.0 Å². The van der Waals surface area contributed by atoms with Crippen LogP contribution in [0.3, 0.4) is 0 Å². The minimum atomic E-state index is -3.78. The van der Waals surface area contributed by atoms with Gasteiger partial charge in [-0.05, 0) is 77.9 Å². The van der Waals surface area contributed by atoms with E-state index < -0.39 is 10.0 Å². The van der Waals surface area contributed by atoms with E-state index in [1.165, 1.54) is 19.1 Å². The van der Waals surface area contributed by atoms with Crippen LogP contribution >= 0.6 is 0 Å². The number of amides is 1. The number of hydrogen-bond donors (Lipinski definition) is 2. The number of carbonyl (C=O) groups is 1. The van der Waals surface area contributed by atoms with Crippen molar-refractivity contribution in [2.45, 2.75) is 18.7 Å². The van der Waals surface area contributed by atoms with Gasteiger partial charge < -0.3 is 10.1 Å². The number of benzene rings is 4. The van der Waals surface area contributed by atoms with Gasteiger partial charge in [0.05, 0.1) is 10.6 Å². The standard InChI is InChI=1S/C25H22N2O4S/c1-17-15-22(31-23-10-7-19-5-3-4-6-20(19)16-23)11-14-25(17)27-32(29,30)24-12-8-21(9-13-24)26-18(2)28/h3-16,27H,1-2H3,(H,26,28). The Morgan fingerprint density at radius 2 is 1.47 bits per heavy atom. The molecule has 0 aliphatic carbocycles. The van der Waals surface area contributed by atoms with Gasteiger partial charge in [0.1, 0.15) is 11.5 Å². The van der Waals surface area contributed by atoms with Crippen LogP contribution in [0.1, 0.15) is 12.5 Å². The summed E-state index contributed by atoms with van der Waals surface area (Å²) in [5.74, 6) is 1.09. The largest absolute Gasteiger partial charge is 0.457 e. The lowest BCUT2D eigenvalue weighted by molar-refractivity contribution is -0.114. The minimum absolute atomic E-state index is 0.0995. The number of carbonyl (C=O) groups excluding carboxylic acids is 1. The first-order valence-electron chi connectivity index (χ1n) is 9.98. The van der Waals surface area contributed by atoms with Crippen molar-refractivity contribution in [2.24, 2.45) is 0 Å². The van der Waals surface area contributed by atoms with Gasteiger partial charge in [0, 0.05) is 12.6 Å². The second-order valence-corrected chi connectivity index (χ2v) is 9.08. The summed E-state index contributed by atoms with van der Waals surface area (Å²) in [6, 6.07) is 25.1. The highest BCUT2D eigenvalue weighted by molar-refractivity contribution is 7.92. The molecule has 162 valence electrons. The van der Waals surface area contributed by atoms with Gasteiger partial charge in [0.2, 0.25) is 5.91 Å². The van der Waals surface area contributed by atoms with E-state index in [9.17, 15) is 13.2 Å². The Labute approximate surface area is 186 Å². The number of sulfonamides is 1. The number of fused-ring (bicyclic) bond motifs is 1. The van der Waals surface area contributed by atoms with E-state index >= 15 is 0 Å². The molecule has 0 aliphatic rings.